The van der Waals surface area contributed by atoms with Gasteiger partial charge in [-0.05, 0) is 32.8 Å². The van der Waals surface area contributed by atoms with Crippen LogP contribution in [0.3, 0.4) is 0 Å². The van der Waals surface area contributed by atoms with Crippen LogP contribution in [0, 0.1) is 6.92 Å². The van der Waals surface area contributed by atoms with Crippen LogP contribution in [0.1, 0.15) is 38.1 Å². The van der Waals surface area contributed by atoms with E-state index in [2.05, 4.69) is 35.0 Å². The monoisotopic (exact) mass is 243 g/mol. The molecule has 4 heteroatoms. The molecule has 0 aliphatic carbocycles. The molecule has 0 bridgehead atoms. The molecule has 0 amide bonds. The summed E-state index contributed by atoms with van der Waals surface area (Å²) in [6.45, 7) is 8.14. The van der Waals surface area contributed by atoms with E-state index in [1.165, 1.54) is 5.69 Å². The molecule has 1 unspecified atom stereocenters. The fraction of sp³-hybridized carbons (Fsp3) is 0.750. The molecule has 1 atom stereocenters. The molecule has 0 saturated carbocycles. The minimum Gasteiger partial charge on any atom is -0.308 e. The lowest BCUT2D eigenvalue weighted by atomic mass is 10.1. The molecule has 1 aromatic heterocycles. The van der Waals surface area contributed by atoms with Crippen molar-refractivity contribution in [2.45, 2.75) is 52.7 Å². The normalized spacial score (nSPS) is 13.0. The van der Waals surface area contributed by atoms with Crippen molar-refractivity contribution in [2.75, 3.05) is 5.88 Å². The summed E-state index contributed by atoms with van der Waals surface area (Å²) in [5, 5.41) is 7.96. The maximum absolute atomic E-state index is 5.76. The van der Waals surface area contributed by atoms with Gasteiger partial charge in [-0.25, -0.2) is 0 Å². The first-order valence-corrected chi connectivity index (χ1v) is 6.57. The van der Waals surface area contributed by atoms with Crippen LogP contribution in [-0.4, -0.2) is 21.7 Å². The second-order valence-electron chi connectivity index (χ2n) is 4.06. The van der Waals surface area contributed by atoms with Gasteiger partial charge in [0.15, 0.2) is 0 Å². The Labute approximate surface area is 103 Å². The maximum atomic E-state index is 5.76. The van der Waals surface area contributed by atoms with E-state index in [1.54, 1.807) is 0 Å². The van der Waals surface area contributed by atoms with Gasteiger partial charge in [0.25, 0.3) is 0 Å². The van der Waals surface area contributed by atoms with Gasteiger partial charge in [0, 0.05) is 25.0 Å². The van der Waals surface area contributed by atoms with Crippen LogP contribution >= 0.6 is 11.6 Å². The third-order valence-electron chi connectivity index (χ3n) is 2.81. The molecular formula is C12H22ClN3. The van der Waals surface area contributed by atoms with Crippen LogP contribution in [0.4, 0.5) is 0 Å². The molecule has 0 radical (unpaired) electrons. The maximum Gasteiger partial charge on any atom is 0.0597 e. The van der Waals surface area contributed by atoms with E-state index < -0.39 is 0 Å². The summed E-state index contributed by atoms with van der Waals surface area (Å²) in [6, 6.07) is 2.65. The molecule has 0 spiro atoms. The van der Waals surface area contributed by atoms with Gasteiger partial charge in [-0.3, -0.25) is 4.68 Å². The number of hydrogen-bond acceptors (Lipinski definition) is 2. The van der Waals surface area contributed by atoms with Crippen molar-refractivity contribution in [2.24, 2.45) is 0 Å². The van der Waals surface area contributed by atoms with Crippen molar-refractivity contribution >= 4 is 11.6 Å². The van der Waals surface area contributed by atoms with Crippen molar-refractivity contribution in [1.82, 2.24) is 15.1 Å². The molecule has 0 aromatic carbocycles. The summed E-state index contributed by atoms with van der Waals surface area (Å²) in [4.78, 5) is 0. The second kappa shape index (κ2) is 6.92. The number of hydrogen-bond donors (Lipinski definition) is 1. The number of rotatable bonds is 7. The van der Waals surface area contributed by atoms with Crippen LogP contribution in [0.15, 0.2) is 6.07 Å². The molecule has 0 aliphatic rings. The zero-order valence-electron chi connectivity index (χ0n) is 10.5. The minimum atomic E-state index is 0.512. The van der Waals surface area contributed by atoms with Gasteiger partial charge in [0.2, 0.25) is 0 Å². The third kappa shape index (κ3) is 3.80. The van der Waals surface area contributed by atoms with Crippen LogP contribution in [0.25, 0.3) is 0 Å². The summed E-state index contributed by atoms with van der Waals surface area (Å²) in [5.41, 5.74) is 2.34. The second-order valence-corrected chi connectivity index (χ2v) is 4.43. The van der Waals surface area contributed by atoms with Gasteiger partial charge >= 0.3 is 0 Å². The van der Waals surface area contributed by atoms with E-state index in [-0.39, 0.29) is 0 Å². The summed E-state index contributed by atoms with van der Waals surface area (Å²) >= 11 is 5.76. The van der Waals surface area contributed by atoms with Crippen molar-refractivity contribution < 1.29 is 0 Å². The summed E-state index contributed by atoms with van der Waals surface area (Å²) in [6.07, 6.45) is 2.14. The van der Waals surface area contributed by atoms with E-state index in [1.807, 2.05) is 6.92 Å². The summed E-state index contributed by atoms with van der Waals surface area (Å²) in [5.74, 6) is 0.720. The van der Waals surface area contributed by atoms with Gasteiger partial charge in [-0.1, -0.05) is 6.92 Å². The smallest absolute Gasteiger partial charge is 0.0597 e. The lowest BCUT2D eigenvalue weighted by molar-refractivity contribution is 0.469. The first-order chi connectivity index (χ1) is 7.71. The highest BCUT2D eigenvalue weighted by molar-refractivity contribution is 6.17. The van der Waals surface area contributed by atoms with Gasteiger partial charge in [-0.15, -0.1) is 11.6 Å². The number of nitrogens with one attached hydrogen (secondary N) is 1. The number of aromatic nitrogens is 2. The zero-order valence-corrected chi connectivity index (χ0v) is 11.2. The van der Waals surface area contributed by atoms with E-state index in [4.69, 9.17) is 11.6 Å². The SMILES string of the molecule is CCC(CCCl)NCc1cc(C)nn1CC. The number of nitrogens with zero attached hydrogens (tertiary/aromatic N) is 2. The predicted molar refractivity (Wildman–Crippen MR) is 68.9 cm³/mol. The highest BCUT2D eigenvalue weighted by atomic mass is 35.5. The van der Waals surface area contributed by atoms with Gasteiger partial charge < -0.3 is 5.32 Å². The topological polar surface area (TPSA) is 29.9 Å². The molecule has 0 saturated heterocycles. The Kier molecular flexibility index (Phi) is 5.85. The highest BCUT2D eigenvalue weighted by Crippen LogP contribution is 2.06. The Morgan fingerprint density at radius 1 is 1.50 bits per heavy atom. The molecule has 1 aromatic rings. The number of aryl methyl sites for hydroxylation is 2. The average molecular weight is 244 g/mol. The Balaban J connectivity index is 2.52. The standard InChI is InChI=1S/C12H22ClN3/c1-4-11(6-7-13)14-9-12-8-10(3)15-16(12)5-2/h8,11,14H,4-7,9H2,1-3H3. The van der Waals surface area contributed by atoms with Crippen LogP contribution in [0.2, 0.25) is 0 Å². The van der Waals surface area contributed by atoms with Gasteiger partial charge in [-0.2, -0.15) is 5.10 Å². The predicted octanol–water partition coefficient (Wildman–Crippen LogP) is 2.71. The molecule has 0 fully saturated rings. The Hall–Kier alpha value is -0.540. The fourth-order valence-electron chi connectivity index (χ4n) is 1.85. The van der Waals surface area contributed by atoms with Gasteiger partial charge in [0.1, 0.15) is 0 Å². The van der Waals surface area contributed by atoms with E-state index in [0.717, 1.165) is 37.5 Å². The average Bonchev–Trinajstić information content (AvgIpc) is 2.65. The van der Waals surface area contributed by atoms with E-state index in [9.17, 15) is 0 Å². The first-order valence-electron chi connectivity index (χ1n) is 6.03. The third-order valence-corrected chi connectivity index (χ3v) is 3.03. The molecule has 0 aliphatic heterocycles. The Morgan fingerprint density at radius 2 is 2.25 bits per heavy atom. The zero-order chi connectivity index (χ0) is 12.0. The van der Waals surface area contributed by atoms with Crippen molar-refractivity contribution in [3.63, 3.8) is 0 Å². The Bertz CT molecular complexity index is 309. The molecule has 1 rings (SSSR count). The van der Waals surface area contributed by atoms with Crippen molar-refractivity contribution in [1.29, 1.82) is 0 Å². The summed E-state index contributed by atoms with van der Waals surface area (Å²) in [7, 11) is 0. The lowest BCUT2D eigenvalue weighted by Gasteiger charge is -2.15. The number of alkyl halides is 1. The molecule has 1 heterocycles. The molecule has 3 nitrogen and oxygen atoms in total. The summed E-state index contributed by atoms with van der Waals surface area (Å²) < 4.78 is 2.05. The molecule has 92 valence electrons. The minimum absolute atomic E-state index is 0.512. The lowest BCUT2D eigenvalue weighted by Crippen LogP contribution is -2.29. The molecular weight excluding hydrogens is 222 g/mol. The fourth-order valence-corrected chi connectivity index (χ4v) is 2.11. The van der Waals surface area contributed by atoms with Gasteiger partial charge in [0.05, 0.1) is 11.4 Å². The largest absolute Gasteiger partial charge is 0.308 e. The van der Waals surface area contributed by atoms with Crippen molar-refractivity contribution in [3.8, 4) is 0 Å². The first kappa shape index (κ1) is 13.5. The highest BCUT2D eigenvalue weighted by Gasteiger charge is 2.08. The quantitative estimate of drug-likeness (QED) is 0.747. The van der Waals surface area contributed by atoms with Crippen LogP contribution in [-0.2, 0) is 13.1 Å². The van der Waals surface area contributed by atoms with Crippen LogP contribution < -0.4 is 5.32 Å². The van der Waals surface area contributed by atoms with E-state index in [0.29, 0.717) is 6.04 Å². The van der Waals surface area contributed by atoms with Crippen LogP contribution in [0.5, 0.6) is 0 Å². The van der Waals surface area contributed by atoms with Crippen molar-refractivity contribution in [3.05, 3.63) is 17.5 Å². The Morgan fingerprint density at radius 3 is 2.81 bits per heavy atom. The van der Waals surface area contributed by atoms with E-state index >= 15 is 0 Å². The molecule has 16 heavy (non-hydrogen) atoms. The number of halogens is 1. The molecule has 1 N–H and O–H groups in total.